The van der Waals surface area contributed by atoms with Gasteiger partial charge in [-0.25, -0.2) is 9.69 Å². The summed E-state index contributed by atoms with van der Waals surface area (Å²) in [5.74, 6) is -1.97. The lowest BCUT2D eigenvalue weighted by atomic mass is 10.1. The summed E-state index contributed by atoms with van der Waals surface area (Å²) in [7, 11) is 0. The van der Waals surface area contributed by atoms with Crippen LogP contribution < -0.4 is 4.90 Å². The fourth-order valence-electron chi connectivity index (χ4n) is 2.47. The molecule has 0 atom stereocenters. The quantitative estimate of drug-likeness (QED) is 0.864. The minimum Gasteiger partial charge on any atom is -0.478 e. The average molecular weight is 316 g/mol. The summed E-state index contributed by atoms with van der Waals surface area (Å²) >= 11 is 5.87. The Hall–Kier alpha value is -2.66. The first-order valence-electron chi connectivity index (χ1n) is 6.42. The topological polar surface area (TPSA) is 74.7 Å². The number of carboxylic acid groups (broad SMARTS) is 1. The standard InChI is InChI=1S/C16H10ClNO4/c1-8-6-9(16(21)22)2-5-13(8)18-14(19)11-4-3-10(17)7-12(11)15(18)20/h2-7H,1H3,(H,21,22). The second kappa shape index (κ2) is 4.96. The number of imide groups is 1. The van der Waals surface area contributed by atoms with Gasteiger partial charge in [0.2, 0.25) is 0 Å². The molecule has 0 unspecified atom stereocenters. The molecule has 1 aliphatic rings. The number of anilines is 1. The molecule has 1 aliphatic heterocycles. The highest BCUT2D eigenvalue weighted by Gasteiger charge is 2.37. The van der Waals surface area contributed by atoms with Gasteiger partial charge in [-0.2, -0.15) is 0 Å². The summed E-state index contributed by atoms with van der Waals surface area (Å²) in [6.07, 6.45) is 0. The van der Waals surface area contributed by atoms with Gasteiger partial charge in [-0.15, -0.1) is 0 Å². The van der Waals surface area contributed by atoms with Crippen LogP contribution in [0.4, 0.5) is 5.69 Å². The zero-order valence-corrected chi connectivity index (χ0v) is 12.2. The van der Waals surface area contributed by atoms with Gasteiger partial charge in [0, 0.05) is 5.02 Å². The Morgan fingerprint density at radius 1 is 1.05 bits per heavy atom. The highest BCUT2D eigenvalue weighted by Crippen LogP contribution is 2.32. The first-order valence-corrected chi connectivity index (χ1v) is 6.80. The van der Waals surface area contributed by atoms with Crippen LogP contribution in [0, 0.1) is 6.92 Å². The van der Waals surface area contributed by atoms with E-state index in [1.165, 1.54) is 30.3 Å². The summed E-state index contributed by atoms with van der Waals surface area (Å²) in [6.45, 7) is 1.65. The van der Waals surface area contributed by atoms with Crippen molar-refractivity contribution in [3.63, 3.8) is 0 Å². The summed E-state index contributed by atoms with van der Waals surface area (Å²) in [4.78, 5) is 36.9. The summed E-state index contributed by atoms with van der Waals surface area (Å²) < 4.78 is 0. The number of benzene rings is 2. The minimum atomic E-state index is -1.07. The van der Waals surface area contributed by atoms with Crippen LogP contribution in [0.5, 0.6) is 0 Å². The van der Waals surface area contributed by atoms with Crippen LogP contribution in [0.2, 0.25) is 5.02 Å². The number of hydrogen-bond donors (Lipinski definition) is 1. The first-order chi connectivity index (χ1) is 10.4. The lowest BCUT2D eigenvalue weighted by Crippen LogP contribution is -2.30. The number of carboxylic acids is 1. The molecule has 2 aromatic rings. The van der Waals surface area contributed by atoms with Crippen molar-refractivity contribution in [2.75, 3.05) is 4.90 Å². The Morgan fingerprint density at radius 3 is 2.36 bits per heavy atom. The zero-order chi connectivity index (χ0) is 16.0. The molecular weight excluding hydrogens is 306 g/mol. The van der Waals surface area contributed by atoms with E-state index in [0.29, 0.717) is 16.3 Å². The van der Waals surface area contributed by atoms with E-state index in [9.17, 15) is 14.4 Å². The van der Waals surface area contributed by atoms with Crippen LogP contribution in [-0.2, 0) is 0 Å². The smallest absolute Gasteiger partial charge is 0.335 e. The molecule has 0 radical (unpaired) electrons. The summed E-state index contributed by atoms with van der Waals surface area (Å²) in [5, 5.41) is 9.35. The van der Waals surface area contributed by atoms with Gasteiger partial charge in [0.1, 0.15) is 0 Å². The van der Waals surface area contributed by atoms with E-state index in [1.54, 1.807) is 13.0 Å². The molecular formula is C16H10ClNO4. The van der Waals surface area contributed by atoms with Gasteiger partial charge in [-0.1, -0.05) is 11.6 Å². The van der Waals surface area contributed by atoms with Gasteiger partial charge >= 0.3 is 5.97 Å². The first kappa shape index (κ1) is 14.3. The monoisotopic (exact) mass is 315 g/mol. The second-order valence-electron chi connectivity index (χ2n) is 4.94. The fraction of sp³-hybridized carbons (Fsp3) is 0.0625. The van der Waals surface area contributed by atoms with Gasteiger partial charge in [-0.05, 0) is 48.9 Å². The van der Waals surface area contributed by atoms with Crippen molar-refractivity contribution in [1.29, 1.82) is 0 Å². The maximum atomic E-state index is 12.5. The normalized spacial score (nSPS) is 13.5. The van der Waals surface area contributed by atoms with Gasteiger partial charge in [0.25, 0.3) is 11.8 Å². The van der Waals surface area contributed by atoms with E-state index >= 15 is 0 Å². The van der Waals surface area contributed by atoms with Gasteiger partial charge < -0.3 is 5.11 Å². The third kappa shape index (κ3) is 2.07. The Kier molecular flexibility index (Phi) is 3.22. The van der Waals surface area contributed by atoms with E-state index in [0.717, 1.165) is 4.90 Å². The molecule has 3 rings (SSSR count). The predicted octanol–water partition coefficient (Wildman–Crippen LogP) is 3.15. The molecule has 5 nitrogen and oxygen atoms in total. The third-order valence-corrected chi connectivity index (χ3v) is 3.77. The summed E-state index contributed by atoms with van der Waals surface area (Å²) in [5.41, 5.74) is 1.53. The van der Waals surface area contributed by atoms with Crippen LogP contribution in [0.1, 0.15) is 36.6 Å². The molecule has 0 spiro atoms. The van der Waals surface area contributed by atoms with Crippen molar-refractivity contribution in [2.45, 2.75) is 6.92 Å². The fourth-order valence-corrected chi connectivity index (χ4v) is 2.64. The number of carbonyl (C=O) groups is 3. The number of amides is 2. The van der Waals surface area contributed by atoms with Crippen LogP contribution in [0.25, 0.3) is 0 Å². The lowest BCUT2D eigenvalue weighted by Gasteiger charge is -2.16. The molecule has 0 bridgehead atoms. The maximum Gasteiger partial charge on any atom is 0.335 e. The van der Waals surface area contributed by atoms with Gasteiger partial charge in [0.05, 0.1) is 22.4 Å². The molecule has 1 N–H and O–H groups in total. The number of hydrogen-bond acceptors (Lipinski definition) is 3. The number of aryl methyl sites for hydroxylation is 1. The molecule has 6 heteroatoms. The van der Waals surface area contributed by atoms with Crippen molar-refractivity contribution in [3.05, 3.63) is 63.7 Å². The Morgan fingerprint density at radius 2 is 1.73 bits per heavy atom. The number of nitrogens with zero attached hydrogens (tertiary/aromatic N) is 1. The third-order valence-electron chi connectivity index (χ3n) is 3.53. The zero-order valence-electron chi connectivity index (χ0n) is 11.5. The molecule has 0 fully saturated rings. The molecule has 1 heterocycles. The molecule has 22 heavy (non-hydrogen) atoms. The van der Waals surface area contributed by atoms with Gasteiger partial charge in [0.15, 0.2) is 0 Å². The Balaban J connectivity index is 2.09. The highest BCUT2D eigenvalue weighted by molar-refractivity contribution is 6.36. The lowest BCUT2D eigenvalue weighted by molar-refractivity contribution is 0.0696. The average Bonchev–Trinajstić information content (AvgIpc) is 2.71. The number of aromatic carboxylic acids is 1. The SMILES string of the molecule is Cc1cc(C(=O)O)ccc1N1C(=O)c2ccc(Cl)cc2C1=O. The van der Waals surface area contributed by atoms with Crippen molar-refractivity contribution < 1.29 is 19.5 Å². The highest BCUT2D eigenvalue weighted by atomic mass is 35.5. The Labute approximate surface area is 130 Å². The van der Waals surface area contributed by atoms with E-state index in [1.807, 2.05) is 0 Å². The van der Waals surface area contributed by atoms with Crippen LogP contribution >= 0.6 is 11.6 Å². The summed E-state index contributed by atoms with van der Waals surface area (Å²) in [6, 6.07) is 8.77. The molecule has 0 saturated carbocycles. The number of rotatable bonds is 2. The Bertz CT molecular complexity index is 844. The van der Waals surface area contributed by atoms with E-state index in [-0.39, 0.29) is 16.7 Å². The predicted molar refractivity (Wildman–Crippen MR) is 80.7 cm³/mol. The molecule has 2 aromatic carbocycles. The molecule has 2 amide bonds. The van der Waals surface area contributed by atoms with E-state index in [4.69, 9.17) is 16.7 Å². The van der Waals surface area contributed by atoms with Crippen LogP contribution in [-0.4, -0.2) is 22.9 Å². The van der Waals surface area contributed by atoms with E-state index in [2.05, 4.69) is 0 Å². The van der Waals surface area contributed by atoms with Crippen molar-refractivity contribution >= 4 is 35.1 Å². The second-order valence-corrected chi connectivity index (χ2v) is 5.38. The van der Waals surface area contributed by atoms with Gasteiger partial charge in [-0.3, -0.25) is 9.59 Å². The molecule has 110 valence electrons. The molecule has 0 saturated heterocycles. The van der Waals surface area contributed by atoms with Crippen molar-refractivity contribution in [2.24, 2.45) is 0 Å². The minimum absolute atomic E-state index is 0.0981. The maximum absolute atomic E-state index is 12.5. The van der Waals surface area contributed by atoms with Crippen LogP contribution in [0.15, 0.2) is 36.4 Å². The van der Waals surface area contributed by atoms with Crippen LogP contribution in [0.3, 0.4) is 0 Å². The van der Waals surface area contributed by atoms with Crippen molar-refractivity contribution in [1.82, 2.24) is 0 Å². The largest absolute Gasteiger partial charge is 0.478 e. The molecule has 0 aromatic heterocycles. The van der Waals surface area contributed by atoms with Crippen molar-refractivity contribution in [3.8, 4) is 0 Å². The van der Waals surface area contributed by atoms with E-state index < -0.39 is 17.8 Å². The number of carbonyl (C=O) groups excluding carboxylic acids is 2. The number of fused-ring (bicyclic) bond motifs is 1. The number of halogens is 1. The molecule has 0 aliphatic carbocycles.